The maximum absolute atomic E-state index is 12.8. The largest absolute Gasteiger partial charge is 0.346 e. The van der Waals surface area contributed by atoms with Crippen LogP contribution in [0.5, 0.6) is 0 Å². The van der Waals surface area contributed by atoms with E-state index in [0.29, 0.717) is 11.7 Å². The Labute approximate surface area is 194 Å². The monoisotopic (exact) mass is 457 g/mol. The highest BCUT2D eigenvalue weighted by atomic mass is 32.2. The Morgan fingerprint density at radius 3 is 2.75 bits per heavy atom. The third-order valence-corrected chi connectivity index (χ3v) is 7.99. The molecule has 2 aliphatic rings. The first-order valence-corrected chi connectivity index (χ1v) is 12.8. The summed E-state index contributed by atoms with van der Waals surface area (Å²) in [6.07, 6.45) is 3.38. The van der Waals surface area contributed by atoms with Gasteiger partial charge in [-0.15, -0.1) is 0 Å². The van der Waals surface area contributed by atoms with E-state index in [1.54, 1.807) is 0 Å². The van der Waals surface area contributed by atoms with Gasteiger partial charge in [-0.05, 0) is 44.7 Å². The van der Waals surface area contributed by atoms with Gasteiger partial charge in [-0.2, -0.15) is 11.8 Å². The number of amides is 3. The number of carbonyl (C=O) groups excluding carboxylic acids is 2. The van der Waals surface area contributed by atoms with Crippen molar-refractivity contribution in [2.24, 2.45) is 5.92 Å². The van der Waals surface area contributed by atoms with E-state index in [4.69, 9.17) is 4.98 Å². The zero-order valence-electron chi connectivity index (χ0n) is 19.4. The van der Waals surface area contributed by atoms with Crippen LogP contribution < -0.4 is 16.0 Å². The predicted molar refractivity (Wildman–Crippen MR) is 130 cm³/mol. The SMILES string of the molecule is CC(C)C(NC(=O)CCCCC1SCC2NC(=O)NC21)c1nc2ccccc2n1C(C)C. The Hall–Kier alpha value is -2.22. The van der Waals surface area contributed by atoms with E-state index >= 15 is 0 Å². The summed E-state index contributed by atoms with van der Waals surface area (Å²) in [6.45, 7) is 8.58. The van der Waals surface area contributed by atoms with Gasteiger partial charge < -0.3 is 20.5 Å². The van der Waals surface area contributed by atoms with Gasteiger partial charge in [0.15, 0.2) is 0 Å². The molecule has 3 heterocycles. The highest BCUT2D eigenvalue weighted by Gasteiger charge is 2.42. The van der Waals surface area contributed by atoms with Crippen molar-refractivity contribution in [2.75, 3.05) is 5.75 Å². The number of thioether (sulfide) groups is 1. The molecule has 7 nitrogen and oxygen atoms in total. The lowest BCUT2D eigenvalue weighted by atomic mass is 10.0. The molecule has 0 aliphatic carbocycles. The summed E-state index contributed by atoms with van der Waals surface area (Å²) in [7, 11) is 0. The highest BCUT2D eigenvalue weighted by molar-refractivity contribution is 8.00. The number of unbranched alkanes of at least 4 members (excludes halogenated alkanes) is 1. The lowest BCUT2D eigenvalue weighted by molar-refractivity contribution is -0.122. The molecular formula is C24H35N5O2S. The van der Waals surface area contributed by atoms with Crippen molar-refractivity contribution in [1.29, 1.82) is 0 Å². The van der Waals surface area contributed by atoms with Crippen LogP contribution in [0.4, 0.5) is 4.79 Å². The van der Waals surface area contributed by atoms with Gasteiger partial charge >= 0.3 is 6.03 Å². The molecule has 1 aromatic heterocycles. The summed E-state index contributed by atoms with van der Waals surface area (Å²) in [5, 5.41) is 9.73. The number of nitrogens with zero attached hydrogens (tertiary/aromatic N) is 2. The quantitative estimate of drug-likeness (QED) is 0.390. The van der Waals surface area contributed by atoms with Crippen molar-refractivity contribution >= 4 is 34.7 Å². The van der Waals surface area contributed by atoms with E-state index < -0.39 is 0 Å². The van der Waals surface area contributed by atoms with Crippen LogP contribution in [0.3, 0.4) is 0 Å². The van der Waals surface area contributed by atoms with Gasteiger partial charge in [-0.1, -0.05) is 32.4 Å². The molecule has 174 valence electrons. The molecule has 4 rings (SSSR count). The summed E-state index contributed by atoms with van der Waals surface area (Å²) in [5.41, 5.74) is 2.08. The first kappa shape index (κ1) is 23.0. The molecule has 0 spiro atoms. The average Bonchev–Trinajstić information content (AvgIpc) is 3.41. The van der Waals surface area contributed by atoms with Crippen molar-refractivity contribution in [3.63, 3.8) is 0 Å². The zero-order valence-corrected chi connectivity index (χ0v) is 20.2. The second-order valence-electron chi connectivity index (χ2n) is 9.58. The molecule has 4 unspecified atom stereocenters. The molecule has 2 saturated heterocycles. The minimum absolute atomic E-state index is 0.0446. The Kier molecular flexibility index (Phi) is 6.98. The molecule has 2 fully saturated rings. The fourth-order valence-corrected chi connectivity index (χ4v) is 6.42. The molecule has 4 atom stereocenters. The Balaban J connectivity index is 1.34. The molecule has 0 saturated carbocycles. The number of fused-ring (bicyclic) bond motifs is 2. The average molecular weight is 458 g/mol. The molecule has 3 amide bonds. The summed E-state index contributed by atoms with van der Waals surface area (Å²) < 4.78 is 2.25. The van der Waals surface area contributed by atoms with E-state index in [1.165, 1.54) is 0 Å². The third-order valence-electron chi connectivity index (χ3n) is 6.48. The smallest absolute Gasteiger partial charge is 0.315 e. The molecule has 0 radical (unpaired) electrons. The molecule has 1 aromatic carbocycles. The minimum atomic E-state index is -0.122. The van der Waals surface area contributed by atoms with E-state index in [1.807, 2.05) is 30.0 Å². The number of urea groups is 1. The number of benzene rings is 1. The first-order valence-electron chi connectivity index (χ1n) is 11.8. The Bertz CT molecular complexity index is 972. The molecule has 8 heteroatoms. The number of rotatable bonds is 9. The van der Waals surface area contributed by atoms with Crippen molar-refractivity contribution in [3.8, 4) is 0 Å². The molecule has 32 heavy (non-hydrogen) atoms. The number of carbonyl (C=O) groups is 2. The van der Waals surface area contributed by atoms with Gasteiger partial charge in [-0.25, -0.2) is 9.78 Å². The maximum atomic E-state index is 12.8. The van der Waals surface area contributed by atoms with Gasteiger partial charge in [0.2, 0.25) is 5.91 Å². The number of hydrogen-bond donors (Lipinski definition) is 3. The topological polar surface area (TPSA) is 88.1 Å². The molecule has 3 N–H and O–H groups in total. The van der Waals surface area contributed by atoms with Crippen LogP contribution in [0.15, 0.2) is 24.3 Å². The van der Waals surface area contributed by atoms with Crippen molar-refractivity contribution in [3.05, 3.63) is 30.1 Å². The second-order valence-corrected chi connectivity index (χ2v) is 10.9. The van der Waals surface area contributed by atoms with E-state index in [0.717, 1.165) is 41.9 Å². The predicted octanol–water partition coefficient (Wildman–Crippen LogP) is 4.16. The van der Waals surface area contributed by atoms with Crippen LogP contribution in [0.25, 0.3) is 11.0 Å². The number of nitrogens with one attached hydrogen (secondary N) is 3. The number of aromatic nitrogens is 2. The molecule has 0 bridgehead atoms. The summed E-state index contributed by atoms with van der Waals surface area (Å²) in [5.74, 6) is 2.22. The van der Waals surface area contributed by atoms with E-state index in [2.05, 4.69) is 54.3 Å². The van der Waals surface area contributed by atoms with Crippen molar-refractivity contribution in [2.45, 2.75) is 82.8 Å². The lowest BCUT2D eigenvalue weighted by Gasteiger charge is -2.25. The lowest BCUT2D eigenvalue weighted by Crippen LogP contribution is -2.36. The van der Waals surface area contributed by atoms with Crippen molar-refractivity contribution in [1.82, 2.24) is 25.5 Å². The van der Waals surface area contributed by atoms with Gasteiger partial charge in [-0.3, -0.25) is 4.79 Å². The minimum Gasteiger partial charge on any atom is -0.346 e. The molecular weight excluding hydrogens is 422 g/mol. The molecule has 2 aliphatic heterocycles. The van der Waals surface area contributed by atoms with Gasteiger partial charge in [0.1, 0.15) is 5.82 Å². The molecule has 2 aromatic rings. The summed E-state index contributed by atoms with van der Waals surface area (Å²) >= 11 is 1.92. The van der Waals surface area contributed by atoms with Crippen LogP contribution >= 0.6 is 11.8 Å². The Morgan fingerprint density at radius 2 is 2.00 bits per heavy atom. The number of imidazole rings is 1. The summed E-state index contributed by atoms with van der Waals surface area (Å²) in [6, 6.07) is 8.75. The van der Waals surface area contributed by atoms with Crippen LogP contribution in [-0.2, 0) is 4.79 Å². The van der Waals surface area contributed by atoms with Gasteiger partial charge in [0.25, 0.3) is 0 Å². The fraction of sp³-hybridized carbons (Fsp3) is 0.625. The highest BCUT2D eigenvalue weighted by Crippen LogP contribution is 2.33. The van der Waals surface area contributed by atoms with Crippen LogP contribution in [-0.4, -0.2) is 44.6 Å². The zero-order chi connectivity index (χ0) is 22.8. The van der Waals surface area contributed by atoms with E-state index in [9.17, 15) is 9.59 Å². The van der Waals surface area contributed by atoms with Crippen LogP contribution in [0, 0.1) is 5.92 Å². The van der Waals surface area contributed by atoms with Crippen LogP contribution in [0.1, 0.15) is 71.3 Å². The van der Waals surface area contributed by atoms with Crippen molar-refractivity contribution < 1.29 is 9.59 Å². The van der Waals surface area contributed by atoms with Gasteiger partial charge in [0, 0.05) is 23.5 Å². The summed E-state index contributed by atoms with van der Waals surface area (Å²) in [4.78, 5) is 29.3. The standard InChI is InChI=1S/C24H35N5O2S/c1-14(2)21(23-25-16-9-5-6-10-18(16)29(23)15(3)4)27-20(30)12-8-7-11-19-22-17(13-32-19)26-24(31)28-22/h5-6,9-10,14-15,17,19,21-22H,7-8,11-13H2,1-4H3,(H,27,30)(H2,26,28,31). The van der Waals surface area contributed by atoms with E-state index in [-0.39, 0.29) is 42.0 Å². The fourth-order valence-electron chi connectivity index (χ4n) is 4.87. The third kappa shape index (κ3) is 4.75. The normalized spacial score (nSPS) is 23.4. The Morgan fingerprint density at radius 1 is 1.22 bits per heavy atom. The van der Waals surface area contributed by atoms with Gasteiger partial charge in [0.05, 0.1) is 29.2 Å². The number of hydrogen-bond acceptors (Lipinski definition) is 4. The maximum Gasteiger partial charge on any atom is 0.315 e. The first-order chi connectivity index (χ1) is 15.3. The number of para-hydroxylation sites is 2. The van der Waals surface area contributed by atoms with Crippen LogP contribution in [0.2, 0.25) is 0 Å². The second kappa shape index (κ2) is 9.73.